The van der Waals surface area contributed by atoms with E-state index in [9.17, 15) is 5.11 Å². The molecule has 1 aliphatic heterocycles. The summed E-state index contributed by atoms with van der Waals surface area (Å²) in [4.78, 5) is 6.36. The van der Waals surface area contributed by atoms with Crippen LogP contribution in [-0.2, 0) is 0 Å². The molecule has 1 fully saturated rings. The standard InChI is InChI=1S/C17H25N3O/c18-16-15(7-4-10-19-16)13-8-11-20(12-9-13)17(21)14-5-2-1-3-6-14/h4,7-8,10,14,17,21H,1-3,5-6,9,11-12H2,(H2,18,19). The maximum Gasteiger partial charge on any atom is 0.130 e. The van der Waals surface area contributed by atoms with E-state index in [1.54, 1.807) is 6.20 Å². The van der Waals surface area contributed by atoms with Crippen molar-refractivity contribution in [1.29, 1.82) is 0 Å². The van der Waals surface area contributed by atoms with E-state index in [4.69, 9.17) is 5.73 Å². The third-order valence-electron chi connectivity index (χ3n) is 4.87. The minimum Gasteiger partial charge on any atom is -0.383 e. The van der Waals surface area contributed by atoms with Gasteiger partial charge in [0.15, 0.2) is 0 Å². The number of aliphatic hydroxyl groups excluding tert-OH is 1. The first kappa shape index (κ1) is 14.5. The van der Waals surface area contributed by atoms with Crippen molar-refractivity contribution in [3.05, 3.63) is 30.0 Å². The van der Waals surface area contributed by atoms with Gasteiger partial charge in [-0.25, -0.2) is 4.98 Å². The van der Waals surface area contributed by atoms with Gasteiger partial charge in [0.05, 0.1) is 0 Å². The quantitative estimate of drug-likeness (QED) is 0.897. The predicted molar refractivity (Wildman–Crippen MR) is 85.4 cm³/mol. The molecule has 1 unspecified atom stereocenters. The first-order valence-corrected chi connectivity index (χ1v) is 8.07. The van der Waals surface area contributed by atoms with Crippen molar-refractivity contribution in [2.75, 3.05) is 18.8 Å². The van der Waals surface area contributed by atoms with E-state index in [0.717, 1.165) is 25.1 Å². The summed E-state index contributed by atoms with van der Waals surface area (Å²) in [7, 11) is 0. The first-order chi connectivity index (χ1) is 10.3. The van der Waals surface area contributed by atoms with E-state index >= 15 is 0 Å². The van der Waals surface area contributed by atoms with E-state index in [1.807, 2.05) is 12.1 Å². The second-order valence-electron chi connectivity index (χ2n) is 6.22. The summed E-state index contributed by atoms with van der Waals surface area (Å²) in [5.41, 5.74) is 8.25. The van der Waals surface area contributed by atoms with Crippen LogP contribution in [-0.4, -0.2) is 34.3 Å². The first-order valence-electron chi connectivity index (χ1n) is 8.07. The highest BCUT2D eigenvalue weighted by Crippen LogP contribution is 2.31. The summed E-state index contributed by atoms with van der Waals surface area (Å²) in [6.07, 6.45) is 10.8. The monoisotopic (exact) mass is 287 g/mol. The highest BCUT2D eigenvalue weighted by Gasteiger charge is 2.28. The lowest BCUT2D eigenvalue weighted by Crippen LogP contribution is -2.43. The molecule has 4 heteroatoms. The number of nitrogen functional groups attached to an aromatic ring is 1. The molecule has 3 N–H and O–H groups in total. The number of hydrogen-bond donors (Lipinski definition) is 2. The van der Waals surface area contributed by atoms with E-state index in [0.29, 0.717) is 11.7 Å². The molecule has 3 rings (SSSR count). The number of rotatable bonds is 3. The summed E-state index contributed by atoms with van der Waals surface area (Å²) in [6.45, 7) is 1.71. The molecule has 0 bridgehead atoms. The van der Waals surface area contributed by atoms with Gasteiger partial charge < -0.3 is 10.8 Å². The maximum atomic E-state index is 10.6. The Morgan fingerprint density at radius 2 is 2.10 bits per heavy atom. The van der Waals surface area contributed by atoms with E-state index in [2.05, 4.69) is 16.0 Å². The van der Waals surface area contributed by atoms with Crippen LogP contribution in [0.2, 0.25) is 0 Å². The minimum absolute atomic E-state index is 0.283. The van der Waals surface area contributed by atoms with Crippen LogP contribution in [0.5, 0.6) is 0 Å². The molecule has 2 heterocycles. The summed E-state index contributed by atoms with van der Waals surface area (Å²) in [5, 5.41) is 10.6. The van der Waals surface area contributed by atoms with Crippen molar-refractivity contribution >= 4 is 11.4 Å². The molecule has 0 spiro atoms. The average molecular weight is 287 g/mol. The highest BCUT2D eigenvalue weighted by molar-refractivity contribution is 5.73. The molecular formula is C17H25N3O. The van der Waals surface area contributed by atoms with E-state index < -0.39 is 0 Å². The fraction of sp³-hybridized carbons (Fsp3) is 0.588. The van der Waals surface area contributed by atoms with Gasteiger partial charge in [0, 0.05) is 24.8 Å². The van der Waals surface area contributed by atoms with Gasteiger partial charge in [0.2, 0.25) is 0 Å². The third kappa shape index (κ3) is 3.27. The van der Waals surface area contributed by atoms with Crippen LogP contribution in [0, 0.1) is 5.92 Å². The molecule has 1 atom stereocenters. The molecule has 0 radical (unpaired) electrons. The Kier molecular flexibility index (Phi) is 4.56. The second-order valence-corrected chi connectivity index (χ2v) is 6.22. The van der Waals surface area contributed by atoms with Gasteiger partial charge in [0.1, 0.15) is 12.0 Å². The number of aromatic nitrogens is 1. The Morgan fingerprint density at radius 3 is 2.76 bits per heavy atom. The Hall–Kier alpha value is -1.39. The van der Waals surface area contributed by atoms with Crippen molar-refractivity contribution < 1.29 is 5.11 Å². The van der Waals surface area contributed by atoms with Gasteiger partial charge in [-0.1, -0.05) is 25.3 Å². The average Bonchev–Trinajstić information content (AvgIpc) is 2.56. The number of nitrogens with zero attached hydrogens (tertiary/aromatic N) is 2. The van der Waals surface area contributed by atoms with Crippen LogP contribution in [0.25, 0.3) is 5.57 Å². The summed E-state index contributed by atoms with van der Waals surface area (Å²) < 4.78 is 0. The van der Waals surface area contributed by atoms with Crippen LogP contribution in [0.3, 0.4) is 0 Å². The molecule has 4 nitrogen and oxygen atoms in total. The van der Waals surface area contributed by atoms with Gasteiger partial charge >= 0.3 is 0 Å². The zero-order chi connectivity index (χ0) is 14.7. The predicted octanol–water partition coefficient (Wildman–Crippen LogP) is 2.65. The number of anilines is 1. The van der Waals surface area contributed by atoms with Crippen molar-refractivity contribution in [1.82, 2.24) is 9.88 Å². The van der Waals surface area contributed by atoms with Gasteiger partial charge in [-0.15, -0.1) is 0 Å². The molecule has 1 aliphatic carbocycles. The zero-order valence-electron chi connectivity index (χ0n) is 12.5. The SMILES string of the molecule is Nc1ncccc1C1=CCN(C(O)C2CCCCC2)CC1. The van der Waals surface area contributed by atoms with Crippen LogP contribution >= 0.6 is 0 Å². The molecule has 0 aromatic carbocycles. The topological polar surface area (TPSA) is 62.4 Å². The maximum absolute atomic E-state index is 10.6. The summed E-state index contributed by atoms with van der Waals surface area (Å²) >= 11 is 0. The molecule has 2 aliphatic rings. The van der Waals surface area contributed by atoms with E-state index in [1.165, 1.54) is 37.7 Å². The molecular weight excluding hydrogens is 262 g/mol. The lowest BCUT2D eigenvalue weighted by Gasteiger charge is -2.37. The van der Waals surface area contributed by atoms with Crippen LogP contribution in [0.1, 0.15) is 44.1 Å². The number of aliphatic hydroxyl groups is 1. The van der Waals surface area contributed by atoms with Crippen molar-refractivity contribution in [3.8, 4) is 0 Å². The lowest BCUT2D eigenvalue weighted by molar-refractivity contribution is -0.0450. The molecule has 114 valence electrons. The molecule has 0 saturated heterocycles. The number of pyridine rings is 1. The molecule has 1 saturated carbocycles. The van der Waals surface area contributed by atoms with Crippen LogP contribution in [0.15, 0.2) is 24.4 Å². The largest absolute Gasteiger partial charge is 0.383 e. The minimum atomic E-state index is -0.283. The fourth-order valence-electron chi connectivity index (χ4n) is 3.59. The number of nitrogens with two attached hydrogens (primary N) is 1. The number of hydrogen-bond acceptors (Lipinski definition) is 4. The zero-order valence-corrected chi connectivity index (χ0v) is 12.5. The van der Waals surface area contributed by atoms with Gasteiger partial charge in [-0.3, -0.25) is 4.90 Å². The molecule has 1 aromatic rings. The Morgan fingerprint density at radius 1 is 1.29 bits per heavy atom. The van der Waals surface area contributed by atoms with Crippen LogP contribution < -0.4 is 5.73 Å². The van der Waals surface area contributed by atoms with Crippen molar-refractivity contribution in [3.63, 3.8) is 0 Å². The van der Waals surface area contributed by atoms with E-state index in [-0.39, 0.29) is 6.23 Å². The van der Waals surface area contributed by atoms with Crippen LogP contribution in [0.4, 0.5) is 5.82 Å². The fourth-order valence-corrected chi connectivity index (χ4v) is 3.59. The molecule has 0 amide bonds. The van der Waals surface area contributed by atoms with Crippen molar-refractivity contribution in [2.45, 2.75) is 44.8 Å². The van der Waals surface area contributed by atoms with Gasteiger partial charge in [0.25, 0.3) is 0 Å². The molecule has 1 aromatic heterocycles. The second kappa shape index (κ2) is 6.58. The Bertz CT molecular complexity index is 509. The van der Waals surface area contributed by atoms with Crippen molar-refractivity contribution in [2.24, 2.45) is 5.92 Å². The Labute approximate surface area is 126 Å². The lowest BCUT2D eigenvalue weighted by atomic mass is 9.87. The third-order valence-corrected chi connectivity index (χ3v) is 4.87. The van der Waals surface area contributed by atoms with Gasteiger partial charge in [-0.05, 0) is 42.9 Å². The van der Waals surface area contributed by atoms with Gasteiger partial charge in [-0.2, -0.15) is 0 Å². The highest BCUT2D eigenvalue weighted by atomic mass is 16.3. The Balaban J connectivity index is 1.64. The summed E-state index contributed by atoms with van der Waals surface area (Å²) in [5.74, 6) is 1.06. The molecule has 21 heavy (non-hydrogen) atoms. The normalized spacial score (nSPS) is 22.8. The summed E-state index contributed by atoms with van der Waals surface area (Å²) in [6, 6.07) is 3.96. The smallest absolute Gasteiger partial charge is 0.130 e.